The Morgan fingerprint density at radius 1 is 1.53 bits per heavy atom. The molecule has 2 rings (SSSR count). The predicted molar refractivity (Wildman–Crippen MR) is 76.4 cm³/mol. The van der Waals surface area contributed by atoms with E-state index in [1.54, 1.807) is 17.5 Å². The maximum Gasteiger partial charge on any atom is 0.340 e. The van der Waals surface area contributed by atoms with Gasteiger partial charge < -0.3 is 15.8 Å². The van der Waals surface area contributed by atoms with E-state index in [9.17, 15) is 4.79 Å². The number of nitrogens with zero attached hydrogens (tertiary/aromatic N) is 1. The van der Waals surface area contributed by atoms with Crippen molar-refractivity contribution in [3.05, 3.63) is 39.7 Å². The first-order chi connectivity index (χ1) is 9.10. The second-order valence-corrected chi connectivity index (χ2v) is 5.38. The van der Waals surface area contributed by atoms with Gasteiger partial charge in [0.05, 0.1) is 24.6 Å². The third-order valence-electron chi connectivity index (χ3n) is 2.58. The lowest BCUT2D eigenvalue weighted by Gasteiger charge is -2.10. The van der Waals surface area contributed by atoms with Crippen molar-refractivity contribution in [1.29, 1.82) is 0 Å². The molecule has 0 aliphatic heterocycles. The summed E-state index contributed by atoms with van der Waals surface area (Å²) >= 11 is 1.71. The molecule has 0 atom stereocenters. The lowest BCUT2D eigenvalue weighted by Crippen LogP contribution is -2.09. The van der Waals surface area contributed by atoms with Crippen molar-refractivity contribution in [2.24, 2.45) is 0 Å². The van der Waals surface area contributed by atoms with Gasteiger partial charge in [0, 0.05) is 16.3 Å². The Hall–Kier alpha value is -2.08. The van der Waals surface area contributed by atoms with Crippen molar-refractivity contribution in [2.75, 3.05) is 18.2 Å². The SMILES string of the molecule is COC(=O)c1cc(N)ncc1NCc1ccc(C)s1. The zero-order valence-electron chi connectivity index (χ0n) is 10.8. The summed E-state index contributed by atoms with van der Waals surface area (Å²) in [5.74, 6) is -0.142. The number of ether oxygens (including phenoxy) is 1. The fourth-order valence-electron chi connectivity index (χ4n) is 1.65. The normalized spacial score (nSPS) is 10.2. The topological polar surface area (TPSA) is 77.2 Å². The number of pyridine rings is 1. The largest absolute Gasteiger partial charge is 0.465 e. The van der Waals surface area contributed by atoms with Gasteiger partial charge in [-0.05, 0) is 25.1 Å². The summed E-state index contributed by atoms with van der Waals surface area (Å²) in [5, 5.41) is 3.18. The Balaban J connectivity index is 2.17. The standard InChI is InChI=1S/C13H15N3O2S/c1-8-3-4-9(19-8)6-15-11-7-16-12(14)5-10(11)13(17)18-2/h3-5,7,15H,6H2,1-2H3,(H2,14,16). The molecule has 0 aromatic carbocycles. The Morgan fingerprint density at radius 3 is 2.95 bits per heavy atom. The number of hydrogen-bond donors (Lipinski definition) is 2. The van der Waals surface area contributed by atoms with Crippen LogP contribution in [0, 0.1) is 6.92 Å². The number of rotatable bonds is 4. The minimum absolute atomic E-state index is 0.290. The van der Waals surface area contributed by atoms with Gasteiger partial charge in [0.15, 0.2) is 0 Å². The van der Waals surface area contributed by atoms with Crippen LogP contribution in [0.15, 0.2) is 24.4 Å². The highest BCUT2D eigenvalue weighted by Crippen LogP contribution is 2.21. The first-order valence-corrected chi connectivity index (χ1v) is 6.55. The Morgan fingerprint density at radius 2 is 2.32 bits per heavy atom. The molecule has 0 unspecified atom stereocenters. The van der Waals surface area contributed by atoms with Crippen molar-refractivity contribution < 1.29 is 9.53 Å². The molecule has 19 heavy (non-hydrogen) atoms. The van der Waals surface area contributed by atoms with Gasteiger partial charge in [-0.1, -0.05) is 0 Å². The quantitative estimate of drug-likeness (QED) is 0.839. The number of aromatic nitrogens is 1. The number of carbonyl (C=O) groups is 1. The molecule has 2 heterocycles. The van der Waals surface area contributed by atoms with Gasteiger partial charge >= 0.3 is 5.97 Å². The predicted octanol–water partition coefficient (Wildman–Crippen LogP) is 2.43. The zero-order chi connectivity index (χ0) is 13.8. The number of thiophene rings is 1. The molecule has 0 spiro atoms. The monoisotopic (exact) mass is 277 g/mol. The average molecular weight is 277 g/mol. The molecule has 0 fully saturated rings. The lowest BCUT2D eigenvalue weighted by atomic mass is 10.2. The molecule has 3 N–H and O–H groups in total. The summed E-state index contributed by atoms with van der Waals surface area (Å²) in [4.78, 5) is 18.1. The number of aryl methyl sites for hydroxylation is 1. The third kappa shape index (κ3) is 3.23. The van der Waals surface area contributed by atoms with E-state index in [4.69, 9.17) is 10.5 Å². The maximum atomic E-state index is 11.7. The molecule has 0 saturated heterocycles. The molecule has 0 saturated carbocycles. The molecule has 0 amide bonds. The number of nitrogens with two attached hydrogens (primary N) is 1. The van der Waals surface area contributed by atoms with E-state index in [1.165, 1.54) is 22.9 Å². The smallest absolute Gasteiger partial charge is 0.340 e. The molecular weight excluding hydrogens is 262 g/mol. The highest BCUT2D eigenvalue weighted by molar-refractivity contribution is 7.11. The summed E-state index contributed by atoms with van der Waals surface area (Å²) in [6.45, 7) is 2.69. The van der Waals surface area contributed by atoms with E-state index in [1.807, 2.05) is 0 Å². The van der Waals surface area contributed by atoms with E-state index in [0.29, 0.717) is 17.8 Å². The van der Waals surface area contributed by atoms with Crippen LogP contribution in [0.2, 0.25) is 0 Å². The van der Waals surface area contributed by atoms with Crippen LogP contribution >= 0.6 is 11.3 Å². The Labute approximate surface area is 115 Å². The first kappa shape index (κ1) is 13.4. The number of methoxy groups -OCH3 is 1. The molecule has 0 radical (unpaired) electrons. The van der Waals surface area contributed by atoms with E-state index in [-0.39, 0.29) is 5.82 Å². The number of nitrogens with one attached hydrogen (secondary N) is 1. The summed E-state index contributed by atoms with van der Waals surface area (Å²) in [7, 11) is 1.34. The van der Waals surface area contributed by atoms with Crippen LogP contribution in [0.1, 0.15) is 20.1 Å². The highest BCUT2D eigenvalue weighted by atomic mass is 32.1. The summed E-state index contributed by atoms with van der Waals surface area (Å²) in [6, 6.07) is 5.62. The minimum Gasteiger partial charge on any atom is -0.465 e. The van der Waals surface area contributed by atoms with Gasteiger partial charge in [0.25, 0.3) is 0 Å². The van der Waals surface area contributed by atoms with Crippen LogP contribution in [-0.4, -0.2) is 18.1 Å². The van der Waals surface area contributed by atoms with Crippen molar-refractivity contribution in [3.63, 3.8) is 0 Å². The Bertz CT molecular complexity index is 595. The molecule has 2 aromatic rings. The zero-order valence-corrected chi connectivity index (χ0v) is 11.6. The van der Waals surface area contributed by atoms with E-state index >= 15 is 0 Å². The van der Waals surface area contributed by atoms with Crippen LogP contribution < -0.4 is 11.1 Å². The van der Waals surface area contributed by atoms with E-state index in [2.05, 4.69) is 29.4 Å². The summed E-state index contributed by atoms with van der Waals surface area (Å²) in [5.41, 5.74) is 6.60. The fraction of sp³-hybridized carbons (Fsp3) is 0.231. The average Bonchev–Trinajstić information content (AvgIpc) is 2.82. The fourth-order valence-corrected chi connectivity index (χ4v) is 2.48. The summed E-state index contributed by atoms with van der Waals surface area (Å²) in [6.07, 6.45) is 1.54. The lowest BCUT2D eigenvalue weighted by molar-refractivity contribution is 0.0601. The molecule has 100 valence electrons. The van der Waals surface area contributed by atoms with Gasteiger partial charge in [-0.2, -0.15) is 0 Å². The van der Waals surface area contributed by atoms with Crippen LogP contribution in [0.4, 0.5) is 11.5 Å². The Kier molecular flexibility index (Phi) is 4.01. The van der Waals surface area contributed by atoms with Crippen LogP contribution in [0.25, 0.3) is 0 Å². The number of hydrogen-bond acceptors (Lipinski definition) is 6. The van der Waals surface area contributed by atoms with Crippen molar-refractivity contribution in [3.8, 4) is 0 Å². The van der Waals surface area contributed by atoms with Gasteiger partial charge in [-0.3, -0.25) is 0 Å². The molecule has 0 aliphatic rings. The van der Waals surface area contributed by atoms with Crippen LogP contribution in [0.3, 0.4) is 0 Å². The van der Waals surface area contributed by atoms with Crippen molar-refractivity contribution in [2.45, 2.75) is 13.5 Å². The van der Waals surface area contributed by atoms with E-state index < -0.39 is 5.97 Å². The number of nitrogen functional groups attached to an aromatic ring is 1. The molecule has 2 aromatic heterocycles. The second kappa shape index (κ2) is 5.71. The van der Waals surface area contributed by atoms with Gasteiger partial charge in [-0.15, -0.1) is 11.3 Å². The van der Waals surface area contributed by atoms with Crippen LogP contribution in [-0.2, 0) is 11.3 Å². The number of carbonyl (C=O) groups excluding carboxylic acids is 1. The summed E-state index contributed by atoms with van der Waals surface area (Å²) < 4.78 is 4.73. The minimum atomic E-state index is -0.432. The van der Waals surface area contributed by atoms with Crippen LogP contribution in [0.5, 0.6) is 0 Å². The second-order valence-electron chi connectivity index (χ2n) is 4.01. The molecule has 5 nitrogen and oxygen atoms in total. The van der Waals surface area contributed by atoms with E-state index in [0.717, 1.165) is 0 Å². The maximum absolute atomic E-state index is 11.7. The molecule has 0 aliphatic carbocycles. The van der Waals surface area contributed by atoms with Gasteiger partial charge in [0.1, 0.15) is 5.82 Å². The number of esters is 1. The molecular formula is C13H15N3O2S. The van der Waals surface area contributed by atoms with Crippen molar-refractivity contribution >= 4 is 28.8 Å². The molecule has 0 bridgehead atoms. The third-order valence-corrected chi connectivity index (χ3v) is 3.58. The number of anilines is 2. The van der Waals surface area contributed by atoms with Gasteiger partial charge in [-0.25, -0.2) is 9.78 Å². The highest BCUT2D eigenvalue weighted by Gasteiger charge is 2.13. The van der Waals surface area contributed by atoms with Crippen molar-refractivity contribution in [1.82, 2.24) is 4.98 Å². The van der Waals surface area contributed by atoms with Gasteiger partial charge in [0.2, 0.25) is 0 Å². The molecule has 6 heteroatoms. The first-order valence-electron chi connectivity index (χ1n) is 5.73.